The summed E-state index contributed by atoms with van der Waals surface area (Å²) in [6, 6.07) is 5.66. The highest BCUT2D eigenvalue weighted by Gasteiger charge is 2.17. The Morgan fingerprint density at radius 2 is 2.22 bits per heavy atom. The first-order valence-corrected chi connectivity index (χ1v) is 6.79. The Hall–Kier alpha value is -0.910. The number of hydrogen-bond donors (Lipinski definition) is 1. The average Bonchev–Trinajstić information content (AvgIpc) is 2.84. The van der Waals surface area contributed by atoms with Crippen LogP contribution in [0.15, 0.2) is 27.1 Å². The van der Waals surface area contributed by atoms with Gasteiger partial charge in [0.15, 0.2) is 0 Å². The van der Waals surface area contributed by atoms with Crippen molar-refractivity contribution in [3.8, 4) is 11.5 Å². The number of hydrogen-bond acceptors (Lipinski definition) is 4. The molecule has 2 aromatic rings. The molecule has 0 aliphatic heterocycles. The molecule has 1 unspecified atom stereocenters. The molecule has 2 rings (SSSR count). The molecule has 1 atom stereocenters. The van der Waals surface area contributed by atoms with Gasteiger partial charge in [0.05, 0.1) is 16.6 Å². The van der Waals surface area contributed by atoms with Gasteiger partial charge in [-0.1, -0.05) is 24.6 Å². The van der Waals surface area contributed by atoms with E-state index < -0.39 is 0 Å². The second-order valence-electron chi connectivity index (χ2n) is 3.80. The van der Waals surface area contributed by atoms with E-state index in [0.717, 1.165) is 16.5 Å². The van der Waals surface area contributed by atoms with E-state index >= 15 is 0 Å². The molecule has 1 N–H and O–H groups in total. The first-order chi connectivity index (χ1) is 8.67. The van der Waals surface area contributed by atoms with Crippen LogP contribution in [0.2, 0.25) is 5.02 Å². The third kappa shape index (κ3) is 2.58. The van der Waals surface area contributed by atoms with Crippen LogP contribution >= 0.6 is 27.5 Å². The second-order valence-corrected chi connectivity index (χ2v) is 5.03. The van der Waals surface area contributed by atoms with Crippen molar-refractivity contribution in [3.63, 3.8) is 0 Å². The maximum atomic E-state index is 6.19. The third-order valence-corrected chi connectivity index (χ3v) is 3.97. The van der Waals surface area contributed by atoms with Crippen LogP contribution in [0.5, 0.6) is 0 Å². The normalized spacial score (nSPS) is 12.7. The topological polar surface area (TPSA) is 51.0 Å². The lowest BCUT2D eigenvalue weighted by Crippen LogP contribution is -2.15. The number of rotatable bonds is 4. The van der Waals surface area contributed by atoms with Gasteiger partial charge >= 0.3 is 0 Å². The highest BCUT2D eigenvalue weighted by atomic mass is 79.9. The van der Waals surface area contributed by atoms with Gasteiger partial charge in [0, 0.05) is 4.47 Å². The fraction of sp³-hybridized carbons (Fsp3) is 0.333. The summed E-state index contributed by atoms with van der Waals surface area (Å²) in [6.45, 7) is 2.05. The van der Waals surface area contributed by atoms with E-state index in [2.05, 4.69) is 38.4 Å². The summed E-state index contributed by atoms with van der Waals surface area (Å²) in [5, 5.41) is 11.8. The van der Waals surface area contributed by atoms with Gasteiger partial charge in [0.1, 0.15) is 0 Å². The van der Waals surface area contributed by atoms with E-state index in [4.69, 9.17) is 16.0 Å². The van der Waals surface area contributed by atoms with E-state index in [1.165, 1.54) is 0 Å². The minimum atomic E-state index is 0.0668. The lowest BCUT2D eigenvalue weighted by molar-refractivity contribution is 0.415. The van der Waals surface area contributed by atoms with Crippen molar-refractivity contribution in [1.29, 1.82) is 0 Å². The largest absolute Gasteiger partial charge is 0.419 e. The van der Waals surface area contributed by atoms with Crippen molar-refractivity contribution in [2.24, 2.45) is 0 Å². The minimum absolute atomic E-state index is 0.0668. The van der Waals surface area contributed by atoms with E-state index in [-0.39, 0.29) is 6.04 Å². The number of benzene rings is 1. The summed E-state index contributed by atoms with van der Waals surface area (Å²) in [5.74, 6) is 1.01. The predicted octanol–water partition coefficient (Wildman–Crippen LogP) is 3.82. The van der Waals surface area contributed by atoms with Crippen molar-refractivity contribution < 1.29 is 4.42 Å². The Balaban J connectivity index is 2.38. The molecule has 0 saturated carbocycles. The highest BCUT2D eigenvalue weighted by molar-refractivity contribution is 9.10. The number of nitrogens with one attached hydrogen (secondary N) is 1. The van der Waals surface area contributed by atoms with Gasteiger partial charge < -0.3 is 9.73 Å². The number of aromatic nitrogens is 2. The Kier molecular flexibility index (Phi) is 4.37. The molecule has 0 aliphatic carbocycles. The summed E-state index contributed by atoms with van der Waals surface area (Å²) in [5.41, 5.74) is 0.732. The molecular formula is C12H13BrClN3O. The van der Waals surface area contributed by atoms with Crippen LogP contribution in [0.1, 0.15) is 25.3 Å². The van der Waals surface area contributed by atoms with Gasteiger partial charge in [-0.05, 0) is 41.5 Å². The molecule has 0 amide bonds. The average molecular weight is 331 g/mol. The summed E-state index contributed by atoms with van der Waals surface area (Å²) in [4.78, 5) is 0. The molecule has 18 heavy (non-hydrogen) atoms. The zero-order valence-corrected chi connectivity index (χ0v) is 12.4. The van der Waals surface area contributed by atoms with Gasteiger partial charge in [-0.15, -0.1) is 10.2 Å². The van der Waals surface area contributed by atoms with E-state index in [9.17, 15) is 0 Å². The summed E-state index contributed by atoms with van der Waals surface area (Å²) in [6.07, 6.45) is 0.879. The van der Waals surface area contributed by atoms with Crippen molar-refractivity contribution in [2.45, 2.75) is 19.4 Å². The fourth-order valence-corrected chi connectivity index (χ4v) is 2.23. The Morgan fingerprint density at radius 1 is 1.44 bits per heavy atom. The Morgan fingerprint density at radius 3 is 2.89 bits per heavy atom. The van der Waals surface area contributed by atoms with Crippen molar-refractivity contribution in [1.82, 2.24) is 15.5 Å². The first-order valence-electron chi connectivity index (χ1n) is 5.62. The molecule has 1 aromatic heterocycles. The summed E-state index contributed by atoms with van der Waals surface area (Å²) in [7, 11) is 1.87. The van der Waals surface area contributed by atoms with Crippen molar-refractivity contribution in [3.05, 3.63) is 33.6 Å². The van der Waals surface area contributed by atoms with Gasteiger partial charge in [0.2, 0.25) is 11.8 Å². The number of nitrogens with zero attached hydrogens (tertiary/aromatic N) is 2. The second kappa shape index (κ2) is 5.82. The van der Waals surface area contributed by atoms with Crippen LogP contribution in [0, 0.1) is 0 Å². The molecule has 0 radical (unpaired) electrons. The standard InChI is InChI=1S/C12H13BrClN3O/c1-3-9(15-2)12-17-16-11(18-12)7-5-4-6-8(13)10(7)14/h4-6,9,15H,3H2,1-2H3. The van der Waals surface area contributed by atoms with Gasteiger partial charge in [-0.2, -0.15) is 0 Å². The van der Waals surface area contributed by atoms with Crippen LogP contribution in [0.25, 0.3) is 11.5 Å². The zero-order chi connectivity index (χ0) is 13.1. The molecular weight excluding hydrogens is 318 g/mol. The minimum Gasteiger partial charge on any atom is -0.419 e. The molecule has 0 fully saturated rings. The monoisotopic (exact) mass is 329 g/mol. The predicted molar refractivity (Wildman–Crippen MR) is 74.5 cm³/mol. The summed E-state index contributed by atoms with van der Waals surface area (Å²) >= 11 is 9.57. The highest BCUT2D eigenvalue weighted by Crippen LogP contribution is 2.33. The van der Waals surface area contributed by atoms with Crippen LogP contribution in [-0.4, -0.2) is 17.2 Å². The fourth-order valence-electron chi connectivity index (χ4n) is 1.66. The van der Waals surface area contributed by atoms with Gasteiger partial charge in [-0.3, -0.25) is 0 Å². The van der Waals surface area contributed by atoms with E-state index in [1.54, 1.807) is 0 Å². The summed E-state index contributed by atoms with van der Waals surface area (Å²) < 4.78 is 6.47. The number of halogens is 2. The van der Waals surface area contributed by atoms with Crippen molar-refractivity contribution >= 4 is 27.5 Å². The lowest BCUT2D eigenvalue weighted by Gasteiger charge is -2.07. The molecule has 0 aliphatic rings. The Bertz CT molecular complexity index is 540. The van der Waals surface area contributed by atoms with Crippen molar-refractivity contribution in [2.75, 3.05) is 7.05 Å². The van der Waals surface area contributed by atoms with Crippen LogP contribution < -0.4 is 5.32 Å². The van der Waals surface area contributed by atoms with Crippen LogP contribution in [-0.2, 0) is 0 Å². The van der Waals surface area contributed by atoms with Gasteiger partial charge in [0.25, 0.3) is 0 Å². The van der Waals surface area contributed by atoms with Crippen LogP contribution in [0.4, 0.5) is 0 Å². The quantitative estimate of drug-likeness (QED) is 0.926. The maximum absolute atomic E-state index is 6.19. The Labute approximate surface area is 119 Å². The zero-order valence-electron chi connectivity index (χ0n) is 10.1. The maximum Gasteiger partial charge on any atom is 0.249 e. The smallest absolute Gasteiger partial charge is 0.249 e. The molecule has 0 bridgehead atoms. The molecule has 6 heteroatoms. The third-order valence-electron chi connectivity index (χ3n) is 2.68. The van der Waals surface area contributed by atoms with E-state index in [0.29, 0.717) is 16.8 Å². The molecule has 0 saturated heterocycles. The molecule has 4 nitrogen and oxygen atoms in total. The van der Waals surface area contributed by atoms with Gasteiger partial charge in [-0.25, -0.2) is 0 Å². The molecule has 1 heterocycles. The first kappa shape index (κ1) is 13.5. The molecule has 1 aromatic carbocycles. The van der Waals surface area contributed by atoms with Crippen LogP contribution in [0.3, 0.4) is 0 Å². The SMILES string of the molecule is CCC(NC)c1nnc(-c2cccc(Br)c2Cl)o1. The molecule has 96 valence electrons. The van der Waals surface area contributed by atoms with E-state index in [1.807, 2.05) is 25.2 Å². The lowest BCUT2D eigenvalue weighted by atomic mass is 10.2. The molecule has 0 spiro atoms.